The maximum Gasteiger partial charge on any atom is 0.270 e. The summed E-state index contributed by atoms with van der Waals surface area (Å²) >= 11 is 6.04. The molecule has 0 aromatic heterocycles. The molecule has 0 bridgehead atoms. The van der Waals surface area contributed by atoms with Gasteiger partial charge >= 0.3 is 0 Å². The number of halogens is 1. The van der Waals surface area contributed by atoms with E-state index >= 15 is 0 Å². The first-order valence-electron chi connectivity index (χ1n) is 8.74. The lowest BCUT2D eigenvalue weighted by Gasteiger charge is -2.34. The van der Waals surface area contributed by atoms with E-state index in [2.05, 4.69) is 5.32 Å². The molecule has 0 radical (unpaired) electrons. The predicted octanol–water partition coefficient (Wildman–Crippen LogP) is 2.64. The molecule has 0 unspecified atom stereocenters. The first-order chi connectivity index (χ1) is 13.4. The molecule has 1 N–H and O–H groups in total. The van der Waals surface area contributed by atoms with Crippen molar-refractivity contribution in [3.63, 3.8) is 0 Å². The number of non-ortho nitro benzene ring substituents is 1. The van der Waals surface area contributed by atoms with Crippen LogP contribution >= 0.6 is 11.6 Å². The Bertz CT molecular complexity index is 897. The molecule has 2 amide bonds. The van der Waals surface area contributed by atoms with Gasteiger partial charge in [-0.05, 0) is 18.2 Å². The van der Waals surface area contributed by atoms with Gasteiger partial charge < -0.3 is 10.2 Å². The number of benzene rings is 2. The highest BCUT2D eigenvalue weighted by Crippen LogP contribution is 2.20. The number of nitrogens with zero attached hydrogens (tertiary/aromatic N) is 3. The van der Waals surface area contributed by atoms with Gasteiger partial charge in [0.1, 0.15) is 0 Å². The van der Waals surface area contributed by atoms with E-state index in [1.807, 2.05) is 4.90 Å². The van der Waals surface area contributed by atoms with Crippen LogP contribution in [0.3, 0.4) is 0 Å². The van der Waals surface area contributed by atoms with Gasteiger partial charge in [0.05, 0.1) is 22.2 Å². The topological polar surface area (TPSA) is 95.8 Å². The van der Waals surface area contributed by atoms with Crippen LogP contribution in [-0.4, -0.2) is 59.3 Å². The van der Waals surface area contributed by atoms with Crippen LogP contribution in [0.4, 0.5) is 11.4 Å². The predicted molar refractivity (Wildman–Crippen MR) is 106 cm³/mol. The second-order valence-corrected chi connectivity index (χ2v) is 6.81. The number of nitrogens with one attached hydrogen (secondary N) is 1. The van der Waals surface area contributed by atoms with Gasteiger partial charge in [-0.1, -0.05) is 29.8 Å². The average Bonchev–Trinajstić information content (AvgIpc) is 2.70. The van der Waals surface area contributed by atoms with E-state index in [4.69, 9.17) is 11.6 Å². The molecule has 0 aliphatic carbocycles. The highest BCUT2D eigenvalue weighted by atomic mass is 35.5. The number of carbonyl (C=O) groups is 2. The highest BCUT2D eigenvalue weighted by Gasteiger charge is 2.24. The van der Waals surface area contributed by atoms with Gasteiger partial charge in [0, 0.05) is 43.9 Å². The number of nitro benzene ring substituents is 1. The molecular formula is C19H19ClN4O4. The van der Waals surface area contributed by atoms with Crippen LogP contribution in [0.1, 0.15) is 10.4 Å². The molecule has 1 saturated heterocycles. The summed E-state index contributed by atoms with van der Waals surface area (Å²) in [6.07, 6.45) is 0. The zero-order valence-electron chi connectivity index (χ0n) is 15.0. The minimum atomic E-state index is -0.522. The molecule has 0 spiro atoms. The number of rotatable bonds is 5. The molecule has 1 fully saturated rings. The maximum absolute atomic E-state index is 12.6. The van der Waals surface area contributed by atoms with E-state index in [0.29, 0.717) is 42.5 Å². The van der Waals surface area contributed by atoms with Gasteiger partial charge in [-0.2, -0.15) is 0 Å². The van der Waals surface area contributed by atoms with Gasteiger partial charge in [-0.15, -0.1) is 0 Å². The summed E-state index contributed by atoms with van der Waals surface area (Å²) in [5.74, 6) is -0.421. The van der Waals surface area contributed by atoms with Crippen molar-refractivity contribution in [2.24, 2.45) is 0 Å². The van der Waals surface area contributed by atoms with Crippen LogP contribution in [0.2, 0.25) is 5.02 Å². The average molecular weight is 403 g/mol. The number of anilines is 1. The fourth-order valence-electron chi connectivity index (χ4n) is 3.00. The van der Waals surface area contributed by atoms with Crippen molar-refractivity contribution in [2.45, 2.75) is 0 Å². The first-order valence-corrected chi connectivity index (χ1v) is 9.12. The lowest BCUT2D eigenvalue weighted by atomic mass is 10.1. The molecule has 0 atom stereocenters. The Hall–Kier alpha value is -2.97. The fraction of sp³-hybridized carbons (Fsp3) is 0.263. The Morgan fingerprint density at radius 2 is 1.79 bits per heavy atom. The van der Waals surface area contributed by atoms with Crippen LogP contribution in [-0.2, 0) is 4.79 Å². The third-order valence-corrected chi connectivity index (χ3v) is 4.81. The van der Waals surface area contributed by atoms with Crippen LogP contribution in [0, 0.1) is 10.1 Å². The normalized spacial score (nSPS) is 14.5. The van der Waals surface area contributed by atoms with E-state index in [1.165, 1.54) is 18.2 Å². The van der Waals surface area contributed by atoms with Crippen molar-refractivity contribution in [2.75, 3.05) is 38.0 Å². The van der Waals surface area contributed by atoms with Crippen molar-refractivity contribution in [3.05, 3.63) is 69.2 Å². The van der Waals surface area contributed by atoms with Gasteiger partial charge in [0.2, 0.25) is 5.91 Å². The SMILES string of the molecule is O=C(CN1CCN(C(=O)c2cccc([N+](=O)[O-])c2)CC1)Nc1ccccc1Cl. The molecule has 2 aromatic carbocycles. The van der Waals surface area contributed by atoms with Crippen molar-refractivity contribution < 1.29 is 14.5 Å². The van der Waals surface area contributed by atoms with Gasteiger partial charge in [0.15, 0.2) is 0 Å². The molecule has 1 aliphatic heterocycles. The number of amides is 2. The molecule has 1 heterocycles. The molecule has 2 aromatic rings. The van der Waals surface area contributed by atoms with E-state index in [0.717, 1.165) is 0 Å². The fourth-order valence-corrected chi connectivity index (χ4v) is 3.18. The van der Waals surface area contributed by atoms with E-state index in [1.54, 1.807) is 35.2 Å². The van der Waals surface area contributed by atoms with Gasteiger partial charge in [-0.25, -0.2) is 0 Å². The van der Waals surface area contributed by atoms with Crippen LogP contribution in [0.5, 0.6) is 0 Å². The van der Waals surface area contributed by atoms with Crippen molar-refractivity contribution in [1.29, 1.82) is 0 Å². The van der Waals surface area contributed by atoms with Gasteiger partial charge in [-0.3, -0.25) is 24.6 Å². The number of piperazine rings is 1. The number of nitro groups is 1. The van der Waals surface area contributed by atoms with E-state index in [9.17, 15) is 19.7 Å². The Morgan fingerprint density at radius 1 is 1.07 bits per heavy atom. The third-order valence-electron chi connectivity index (χ3n) is 4.48. The summed E-state index contributed by atoms with van der Waals surface area (Å²) in [5.41, 5.74) is 0.744. The smallest absolute Gasteiger partial charge is 0.270 e. The molecule has 1 aliphatic rings. The molecular weight excluding hydrogens is 384 g/mol. The number of hydrogen-bond donors (Lipinski definition) is 1. The maximum atomic E-state index is 12.6. The first kappa shape index (κ1) is 19.8. The van der Waals surface area contributed by atoms with Crippen molar-refractivity contribution in [3.8, 4) is 0 Å². The zero-order chi connectivity index (χ0) is 20.1. The van der Waals surface area contributed by atoms with Crippen molar-refractivity contribution in [1.82, 2.24) is 9.80 Å². The Kier molecular flexibility index (Phi) is 6.23. The van der Waals surface area contributed by atoms with E-state index < -0.39 is 4.92 Å². The Morgan fingerprint density at radius 3 is 2.46 bits per heavy atom. The molecule has 28 heavy (non-hydrogen) atoms. The minimum absolute atomic E-state index is 0.110. The molecule has 9 heteroatoms. The zero-order valence-corrected chi connectivity index (χ0v) is 15.8. The molecule has 146 valence electrons. The lowest BCUT2D eigenvalue weighted by Crippen LogP contribution is -2.50. The summed E-state index contributed by atoms with van der Waals surface area (Å²) in [6, 6.07) is 12.7. The standard InChI is InChI=1S/C19H19ClN4O4/c20-16-6-1-2-7-17(16)21-18(25)13-22-8-10-23(11-9-22)19(26)14-4-3-5-15(12-14)24(27)28/h1-7,12H,8-11,13H2,(H,21,25). The minimum Gasteiger partial charge on any atom is -0.336 e. The summed E-state index contributed by atoms with van der Waals surface area (Å²) in [4.78, 5) is 38.7. The second-order valence-electron chi connectivity index (χ2n) is 6.40. The summed E-state index contributed by atoms with van der Waals surface area (Å²) in [7, 11) is 0. The van der Waals surface area contributed by atoms with Crippen molar-refractivity contribution >= 4 is 34.8 Å². The van der Waals surface area contributed by atoms with E-state index in [-0.39, 0.29) is 24.0 Å². The Balaban J connectivity index is 1.52. The molecule has 3 rings (SSSR count). The monoisotopic (exact) mass is 402 g/mol. The third kappa shape index (κ3) is 4.85. The number of para-hydroxylation sites is 1. The molecule has 8 nitrogen and oxygen atoms in total. The second kappa shape index (κ2) is 8.81. The van der Waals surface area contributed by atoms with Gasteiger partial charge in [0.25, 0.3) is 11.6 Å². The highest BCUT2D eigenvalue weighted by molar-refractivity contribution is 6.33. The van der Waals surface area contributed by atoms with Crippen LogP contribution < -0.4 is 5.32 Å². The quantitative estimate of drug-likeness (QED) is 0.612. The summed E-state index contributed by atoms with van der Waals surface area (Å²) < 4.78 is 0. The number of carbonyl (C=O) groups excluding carboxylic acids is 2. The molecule has 0 saturated carbocycles. The van der Waals surface area contributed by atoms with Crippen LogP contribution in [0.25, 0.3) is 0 Å². The number of hydrogen-bond acceptors (Lipinski definition) is 5. The lowest BCUT2D eigenvalue weighted by molar-refractivity contribution is -0.384. The summed E-state index contributed by atoms with van der Waals surface area (Å²) in [6.45, 7) is 2.17. The Labute approximate surface area is 166 Å². The van der Waals surface area contributed by atoms with Crippen LogP contribution in [0.15, 0.2) is 48.5 Å². The summed E-state index contributed by atoms with van der Waals surface area (Å²) in [5, 5.41) is 14.1. The largest absolute Gasteiger partial charge is 0.336 e.